The van der Waals surface area contributed by atoms with Gasteiger partial charge in [0.05, 0.1) is 34.7 Å². The highest BCUT2D eigenvalue weighted by Crippen LogP contribution is 2.30. The minimum Gasteiger partial charge on any atom is -0.494 e. The van der Waals surface area contributed by atoms with Gasteiger partial charge in [-0.2, -0.15) is 0 Å². The van der Waals surface area contributed by atoms with Crippen LogP contribution in [0, 0.1) is 5.82 Å². The number of imide groups is 1. The standard InChI is InChI=1S/C25H18ClFN2O6/c1-2-34-17-7-5-16(6-8-17)29-23(31)18-9-3-14(11-19(18)24(29)32)25(33)35-13-22(30)28-21-10-4-15(26)12-20(21)27/h3-12H,2,13H2,1H3,(H,28,30). The summed E-state index contributed by atoms with van der Waals surface area (Å²) in [7, 11) is 0. The van der Waals surface area contributed by atoms with Crippen LogP contribution in [0.3, 0.4) is 0 Å². The fourth-order valence-electron chi connectivity index (χ4n) is 3.45. The number of halogens is 2. The molecule has 1 heterocycles. The van der Waals surface area contributed by atoms with E-state index >= 15 is 0 Å². The Bertz CT molecular complexity index is 1340. The zero-order valence-corrected chi connectivity index (χ0v) is 19.1. The molecule has 0 saturated heterocycles. The van der Waals surface area contributed by atoms with Crippen molar-refractivity contribution in [1.29, 1.82) is 0 Å². The van der Waals surface area contributed by atoms with Crippen LogP contribution in [0.2, 0.25) is 5.02 Å². The van der Waals surface area contributed by atoms with Gasteiger partial charge in [0.1, 0.15) is 11.6 Å². The highest BCUT2D eigenvalue weighted by atomic mass is 35.5. The average Bonchev–Trinajstić information content (AvgIpc) is 3.09. The lowest BCUT2D eigenvalue weighted by Gasteiger charge is -2.14. The first kappa shape index (κ1) is 23.9. The lowest BCUT2D eigenvalue weighted by Crippen LogP contribution is -2.29. The molecule has 0 radical (unpaired) electrons. The summed E-state index contributed by atoms with van der Waals surface area (Å²) in [5, 5.41) is 2.43. The molecule has 1 aliphatic heterocycles. The second-order valence-electron chi connectivity index (χ2n) is 7.38. The molecule has 0 saturated carbocycles. The SMILES string of the molecule is CCOc1ccc(N2C(=O)c3ccc(C(=O)OCC(=O)Nc4ccc(Cl)cc4F)cc3C2=O)cc1. The molecule has 0 spiro atoms. The van der Waals surface area contributed by atoms with E-state index in [1.807, 2.05) is 6.92 Å². The Balaban J connectivity index is 1.43. The number of anilines is 2. The van der Waals surface area contributed by atoms with Gasteiger partial charge in [-0.15, -0.1) is 0 Å². The highest BCUT2D eigenvalue weighted by molar-refractivity contribution is 6.34. The first-order valence-corrected chi connectivity index (χ1v) is 10.8. The number of nitrogens with zero attached hydrogens (tertiary/aromatic N) is 1. The van der Waals surface area contributed by atoms with Gasteiger partial charge in [0.2, 0.25) is 0 Å². The van der Waals surface area contributed by atoms with Crippen molar-refractivity contribution in [3.05, 3.63) is 88.2 Å². The summed E-state index contributed by atoms with van der Waals surface area (Å²) in [6, 6.07) is 14.1. The third kappa shape index (κ3) is 4.99. The molecule has 3 amide bonds. The number of ether oxygens (including phenoxy) is 2. The topological polar surface area (TPSA) is 102 Å². The van der Waals surface area contributed by atoms with E-state index in [1.54, 1.807) is 24.3 Å². The predicted molar refractivity (Wildman–Crippen MR) is 126 cm³/mol. The fraction of sp³-hybridized carbons (Fsp3) is 0.120. The van der Waals surface area contributed by atoms with Gasteiger partial charge < -0.3 is 14.8 Å². The Labute approximate surface area is 204 Å². The molecule has 3 aromatic rings. The average molecular weight is 497 g/mol. The summed E-state index contributed by atoms with van der Waals surface area (Å²) in [4.78, 5) is 51.2. The smallest absolute Gasteiger partial charge is 0.338 e. The van der Waals surface area contributed by atoms with Gasteiger partial charge in [-0.3, -0.25) is 14.4 Å². The molecule has 4 rings (SSSR count). The molecule has 0 bridgehead atoms. The molecule has 178 valence electrons. The van der Waals surface area contributed by atoms with E-state index in [0.717, 1.165) is 11.0 Å². The summed E-state index contributed by atoms with van der Waals surface area (Å²) >= 11 is 5.67. The van der Waals surface area contributed by atoms with E-state index in [4.69, 9.17) is 21.1 Å². The van der Waals surface area contributed by atoms with Crippen LogP contribution in [0.4, 0.5) is 15.8 Å². The van der Waals surface area contributed by atoms with Crippen LogP contribution in [-0.2, 0) is 9.53 Å². The molecule has 0 atom stereocenters. The molecule has 0 aromatic heterocycles. The van der Waals surface area contributed by atoms with E-state index in [2.05, 4.69) is 5.32 Å². The largest absolute Gasteiger partial charge is 0.494 e. The van der Waals surface area contributed by atoms with Crippen molar-refractivity contribution in [3.8, 4) is 5.75 Å². The first-order chi connectivity index (χ1) is 16.8. The molecule has 3 aromatic carbocycles. The lowest BCUT2D eigenvalue weighted by atomic mass is 10.1. The molecule has 0 unspecified atom stereocenters. The van der Waals surface area contributed by atoms with Crippen molar-refractivity contribution in [3.63, 3.8) is 0 Å². The quantitative estimate of drug-likeness (QED) is 0.382. The Morgan fingerprint density at radius 1 is 0.971 bits per heavy atom. The Kier molecular flexibility index (Phi) is 6.79. The number of hydrogen-bond donors (Lipinski definition) is 1. The number of fused-ring (bicyclic) bond motifs is 1. The molecule has 35 heavy (non-hydrogen) atoms. The Hall–Kier alpha value is -4.24. The van der Waals surface area contributed by atoms with Crippen LogP contribution in [0.1, 0.15) is 38.0 Å². The van der Waals surface area contributed by atoms with Gasteiger partial charge in [0.15, 0.2) is 6.61 Å². The van der Waals surface area contributed by atoms with E-state index in [9.17, 15) is 23.6 Å². The lowest BCUT2D eigenvalue weighted by molar-refractivity contribution is -0.119. The number of nitrogens with one attached hydrogen (secondary N) is 1. The van der Waals surface area contributed by atoms with Crippen molar-refractivity contribution in [2.75, 3.05) is 23.4 Å². The van der Waals surface area contributed by atoms with Gasteiger partial charge in [-0.25, -0.2) is 14.1 Å². The second-order valence-corrected chi connectivity index (χ2v) is 7.82. The first-order valence-electron chi connectivity index (χ1n) is 10.5. The van der Waals surface area contributed by atoms with Gasteiger partial charge >= 0.3 is 5.97 Å². The number of benzene rings is 3. The molecule has 8 nitrogen and oxygen atoms in total. The van der Waals surface area contributed by atoms with E-state index < -0.39 is 36.1 Å². The maximum Gasteiger partial charge on any atom is 0.338 e. The van der Waals surface area contributed by atoms with Crippen molar-refractivity contribution in [2.24, 2.45) is 0 Å². The summed E-state index contributed by atoms with van der Waals surface area (Å²) in [6.07, 6.45) is 0. The predicted octanol–water partition coefficient (Wildman–Crippen LogP) is 4.47. The van der Waals surface area contributed by atoms with Crippen LogP contribution >= 0.6 is 11.6 Å². The normalized spacial score (nSPS) is 12.4. The highest BCUT2D eigenvalue weighted by Gasteiger charge is 2.37. The number of carbonyl (C=O) groups is 4. The number of carbonyl (C=O) groups excluding carboxylic acids is 4. The van der Waals surface area contributed by atoms with E-state index in [1.165, 1.54) is 30.3 Å². The summed E-state index contributed by atoms with van der Waals surface area (Å²) < 4.78 is 24.1. The molecular formula is C25H18ClFN2O6. The maximum atomic E-state index is 13.8. The fourth-order valence-corrected chi connectivity index (χ4v) is 3.61. The van der Waals surface area contributed by atoms with Crippen LogP contribution in [-0.4, -0.2) is 36.9 Å². The second kappa shape index (κ2) is 9.94. The molecular weight excluding hydrogens is 479 g/mol. The number of hydrogen-bond acceptors (Lipinski definition) is 6. The Morgan fingerprint density at radius 3 is 2.37 bits per heavy atom. The summed E-state index contributed by atoms with van der Waals surface area (Å²) in [5.74, 6) is -2.93. The third-order valence-electron chi connectivity index (χ3n) is 5.07. The van der Waals surface area contributed by atoms with Gasteiger partial charge in [-0.1, -0.05) is 11.6 Å². The van der Waals surface area contributed by atoms with Crippen LogP contribution in [0.15, 0.2) is 60.7 Å². The van der Waals surface area contributed by atoms with Crippen molar-refractivity contribution in [2.45, 2.75) is 6.92 Å². The van der Waals surface area contributed by atoms with Crippen molar-refractivity contribution in [1.82, 2.24) is 0 Å². The summed E-state index contributed by atoms with van der Waals surface area (Å²) in [6.45, 7) is 1.63. The number of esters is 1. The van der Waals surface area contributed by atoms with Crippen LogP contribution in [0.5, 0.6) is 5.75 Å². The minimum absolute atomic E-state index is 0.0242. The molecule has 10 heteroatoms. The third-order valence-corrected chi connectivity index (χ3v) is 5.30. The zero-order chi connectivity index (χ0) is 25.1. The molecule has 0 fully saturated rings. The summed E-state index contributed by atoms with van der Waals surface area (Å²) in [5.41, 5.74) is 0.382. The van der Waals surface area contributed by atoms with Crippen molar-refractivity contribution < 1.29 is 33.0 Å². The van der Waals surface area contributed by atoms with E-state index in [0.29, 0.717) is 18.0 Å². The number of amides is 3. The van der Waals surface area contributed by atoms with Crippen molar-refractivity contribution >= 4 is 46.7 Å². The molecule has 1 N–H and O–H groups in total. The zero-order valence-electron chi connectivity index (χ0n) is 18.3. The van der Waals surface area contributed by atoms with Crippen LogP contribution < -0.4 is 15.0 Å². The minimum atomic E-state index is -0.890. The van der Waals surface area contributed by atoms with E-state index in [-0.39, 0.29) is 27.4 Å². The van der Waals surface area contributed by atoms with Gasteiger partial charge in [-0.05, 0) is 67.6 Å². The van der Waals surface area contributed by atoms with Gasteiger partial charge in [0, 0.05) is 5.02 Å². The number of rotatable bonds is 7. The molecule has 0 aliphatic carbocycles. The van der Waals surface area contributed by atoms with Gasteiger partial charge in [0.25, 0.3) is 17.7 Å². The Morgan fingerprint density at radius 2 is 1.69 bits per heavy atom. The molecule has 1 aliphatic rings. The maximum absolute atomic E-state index is 13.8. The van der Waals surface area contributed by atoms with Crippen LogP contribution in [0.25, 0.3) is 0 Å². The monoisotopic (exact) mass is 496 g/mol.